The summed E-state index contributed by atoms with van der Waals surface area (Å²) in [5, 5.41) is 7.59. The van der Waals surface area contributed by atoms with E-state index in [1.54, 1.807) is 6.20 Å². The molecule has 5 nitrogen and oxygen atoms in total. The maximum Gasteiger partial charge on any atom is 0.257 e. The maximum absolute atomic E-state index is 12.9. The van der Waals surface area contributed by atoms with Crippen molar-refractivity contribution in [1.29, 1.82) is 0 Å². The van der Waals surface area contributed by atoms with Crippen molar-refractivity contribution in [3.05, 3.63) is 41.0 Å². The minimum absolute atomic E-state index is 0.00951. The molecule has 3 unspecified atom stereocenters. The molecule has 2 heterocycles. The van der Waals surface area contributed by atoms with E-state index in [2.05, 4.69) is 10.2 Å². The van der Waals surface area contributed by atoms with Crippen molar-refractivity contribution in [2.24, 2.45) is 17.6 Å². The second kappa shape index (κ2) is 5.65. The predicted molar refractivity (Wildman–Crippen MR) is 89.1 cm³/mol. The van der Waals surface area contributed by atoms with Gasteiger partial charge in [-0.15, -0.1) is 0 Å². The molecule has 6 heteroatoms. The summed E-state index contributed by atoms with van der Waals surface area (Å²) in [5.41, 5.74) is 8.22. The number of benzene rings is 1. The number of fused-ring (bicyclic) bond motifs is 1. The summed E-state index contributed by atoms with van der Waals surface area (Å²) in [7, 11) is 0. The number of aromatic nitrogens is 2. The number of halogens is 1. The number of aromatic amines is 1. The Morgan fingerprint density at radius 3 is 2.91 bits per heavy atom. The molecule has 2 fully saturated rings. The molecule has 1 aromatic carbocycles. The van der Waals surface area contributed by atoms with E-state index in [-0.39, 0.29) is 11.9 Å². The number of nitrogens with two attached hydrogens (primary N) is 1. The van der Waals surface area contributed by atoms with Gasteiger partial charge in [0.25, 0.3) is 5.91 Å². The van der Waals surface area contributed by atoms with Gasteiger partial charge < -0.3 is 10.6 Å². The number of carbonyl (C=O) groups is 1. The van der Waals surface area contributed by atoms with Gasteiger partial charge in [-0.2, -0.15) is 5.10 Å². The van der Waals surface area contributed by atoms with Crippen molar-refractivity contribution < 1.29 is 4.79 Å². The van der Waals surface area contributed by atoms with Crippen LogP contribution in [-0.4, -0.2) is 40.1 Å². The molecule has 3 N–H and O–H groups in total. The standard InChI is InChI=1S/C17H19ClN4O/c18-14-4-2-1-3-11(14)16-12(7-20-21-16)17(23)22-8-10-5-6-15(19)13(10)9-22/h1-4,7,10,13,15H,5-6,8-9,19H2,(H,20,21). The Morgan fingerprint density at radius 1 is 1.30 bits per heavy atom. The molecule has 0 bridgehead atoms. The maximum atomic E-state index is 12.9. The van der Waals surface area contributed by atoms with Crippen LogP contribution in [0.3, 0.4) is 0 Å². The average Bonchev–Trinajstić information content (AvgIpc) is 3.25. The summed E-state index contributed by atoms with van der Waals surface area (Å²) in [6, 6.07) is 7.69. The number of nitrogens with zero attached hydrogens (tertiary/aromatic N) is 2. The van der Waals surface area contributed by atoms with E-state index in [9.17, 15) is 4.79 Å². The Kier molecular flexibility index (Phi) is 3.62. The van der Waals surface area contributed by atoms with Gasteiger partial charge in [-0.1, -0.05) is 29.8 Å². The minimum atomic E-state index is 0.00951. The molecule has 1 aliphatic carbocycles. The van der Waals surface area contributed by atoms with Crippen molar-refractivity contribution in [2.45, 2.75) is 18.9 Å². The van der Waals surface area contributed by atoms with Crippen molar-refractivity contribution in [3.8, 4) is 11.3 Å². The lowest BCUT2D eigenvalue weighted by molar-refractivity contribution is 0.0780. The van der Waals surface area contributed by atoms with Gasteiger partial charge >= 0.3 is 0 Å². The van der Waals surface area contributed by atoms with E-state index in [1.165, 1.54) is 0 Å². The largest absolute Gasteiger partial charge is 0.338 e. The first-order chi connectivity index (χ1) is 11.1. The number of carbonyl (C=O) groups excluding carboxylic acids is 1. The molecule has 1 aromatic heterocycles. The topological polar surface area (TPSA) is 75.0 Å². The Balaban J connectivity index is 1.62. The van der Waals surface area contributed by atoms with E-state index < -0.39 is 0 Å². The normalized spacial score (nSPS) is 26.5. The number of amides is 1. The molecule has 1 saturated heterocycles. The van der Waals surface area contributed by atoms with Crippen LogP contribution in [0.4, 0.5) is 0 Å². The summed E-state index contributed by atoms with van der Waals surface area (Å²) in [6.07, 6.45) is 3.79. The lowest BCUT2D eigenvalue weighted by Crippen LogP contribution is -2.33. The number of H-pyrrole nitrogens is 1. The molecule has 120 valence electrons. The molecular weight excluding hydrogens is 312 g/mol. The lowest BCUT2D eigenvalue weighted by Gasteiger charge is -2.19. The van der Waals surface area contributed by atoms with Gasteiger partial charge in [-0.05, 0) is 30.7 Å². The van der Waals surface area contributed by atoms with Crippen LogP contribution in [0.15, 0.2) is 30.5 Å². The van der Waals surface area contributed by atoms with E-state index in [4.69, 9.17) is 17.3 Å². The number of hydrogen-bond acceptors (Lipinski definition) is 3. The second-order valence-electron chi connectivity index (χ2n) is 6.51. The predicted octanol–water partition coefficient (Wildman–Crippen LogP) is 2.54. The summed E-state index contributed by atoms with van der Waals surface area (Å²) in [5.74, 6) is 0.995. The van der Waals surface area contributed by atoms with Gasteiger partial charge in [-0.3, -0.25) is 9.89 Å². The first-order valence-electron chi connectivity index (χ1n) is 7.98. The molecule has 2 aromatic rings. The van der Waals surface area contributed by atoms with Gasteiger partial charge in [0.15, 0.2) is 0 Å². The van der Waals surface area contributed by atoms with Gasteiger partial charge in [0.1, 0.15) is 0 Å². The molecule has 1 saturated carbocycles. The van der Waals surface area contributed by atoms with Gasteiger partial charge in [0, 0.05) is 29.7 Å². The van der Waals surface area contributed by atoms with E-state index in [0.29, 0.717) is 28.1 Å². The van der Waals surface area contributed by atoms with E-state index >= 15 is 0 Å². The highest BCUT2D eigenvalue weighted by atomic mass is 35.5. The third-order valence-electron chi connectivity index (χ3n) is 5.21. The van der Waals surface area contributed by atoms with Crippen LogP contribution in [0.25, 0.3) is 11.3 Å². The quantitative estimate of drug-likeness (QED) is 0.888. The molecule has 23 heavy (non-hydrogen) atoms. The zero-order valence-electron chi connectivity index (χ0n) is 12.7. The lowest BCUT2D eigenvalue weighted by atomic mass is 9.98. The monoisotopic (exact) mass is 330 g/mol. The number of likely N-dealkylation sites (tertiary alicyclic amines) is 1. The van der Waals surface area contributed by atoms with Crippen LogP contribution in [0.1, 0.15) is 23.2 Å². The fourth-order valence-electron chi connectivity index (χ4n) is 3.96. The summed E-state index contributed by atoms with van der Waals surface area (Å²) >= 11 is 6.26. The van der Waals surface area contributed by atoms with Gasteiger partial charge in [0.05, 0.1) is 17.5 Å². The van der Waals surface area contributed by atoms with E-state index in [0.717, 1.165) is 31.5 Å². The van der Waals surface area contributed by atoms with Crippen LogP contribution >= 0.6 is 11.6 Å². The van der Waals surface area contributed by atoms with Crippen molar-refractivity contribution in [3.63, 3.8) is 0 Å². The molecule has 4 rings (SSSR count). The van der Waals surface area contributed by atoms with Gasteiger partial charge in [0.2, 0.25) is 0 Å². The van der Waals surface area contributed by atoms with Crippen molar-refractivity contribution in [1.82, 2.24) is 15.1 Å². The van der Waals surface area contributed by atoms with Crippen molar-refractivity contribution in [2.75, 3.05) is 13.1 Å². The highest BCUT2D eigenvalue weighted by Gasteiger charge is 2.43. The zero-order chi connectivity index (χ0) is 16.0. The Morgan fingerprint density at radius 2 is 2.13 bits per heavy atom. The third-order valence-corrected chi connectivity index (χ3v) is 5.54. The number of hydrogen-bond donors (Lipinski definition) is 2. The van der Waals surface area contributed by atoms with Crippen LogP contribution in [0.2, 0.25) is 5.02 Å². The summed E-state index contributed by atoms with van der Waals surface area (Å²) < 4.78 is 0. The second-order valence-corrected chi connectivity index (χ2v) is 6.92. The van der Waals surface area contributed by atoms with Crippen LogP contribution in [0, 0.1) is 11.8 Å². The average molecular weight is 331 g/mol. The third kappa shape index (κ3) is 2.44. The molecule has 1 aliphatic heterocycles. The molecule has 1 amide bonds. The number of rotatable bonds is 2. The highest BCUT2D eigenvalue weighted by Crippen LogP contribution is 2.38. The smallest absolute Gasteiger partial charge is 0.257 e. The first-order valence-corrected chi connectivity index (χ1v) is 8.36. The van der Waals surface area contributed by atoms with Crippen molar-refractivity contribution >= 4 is 17.5 Å². The fourth-order valence-corrected chi connectivity index (χ4v) is 4.19. The summed E-state index contributed by atoms with van der Waals surface area (Å²) in [4.78, 5) is 14.8. The Hall–Kier alpha value is -1.85. The van der Waals surface area contributed by atoms with E-state index in [1.807, 2.05) is 29.2 Å². The zero-order valence-corrected chi connectivity index (χ0v) is 13.5. The minimum Gasteiger partial charge on any atom is -0.338 e. The van der Waals surface area contributed by atoms with Crippen LogP contribution < -0.4 is 5.73 Å². The SMILES string of the molecule is NC1CCC2CN(C(=O)c3cn[nH]c3-c3ccccc3Cl)CC12. The van der Waals surface area contributed by atoms with Crippen LogP contribution in [0.5, 0.6) is 0 Å². The molecule has 0 radical (unpaired) electrons. The van der Waals surface area contributed by atoms with Crippen LogP contribution in [-0.2, 0) is 0 Å². The molecule has 3 atom stereocenters. The molecule has 0 spiro atoms. The Labute approximate surface area is 139 Å². The number of nitrogens with one attached hydrogen (secondary N) is 1. The molecular formula is C17H19ClN4O. The van der Waals surface area contributed by atoms with Gasteiger partial charge in [-0.25, -0.2) is 0 Å². The Bertz CT molecular complexity index is 744. The molecule has 2 aliphatic rings. The first kappa shape index (κ1) is 14.7. The fraction of sp³-hybridized carbons (Fsp3) is 0.412. The summed E-state index contributed by atoms with van der Waals surface area (Å²) in [6.45, 7) is 1.54. The highest BCUT2D eigenvalue weighted by molar-refractivity contribution is 6.33.